The number of nitrogens with one attached hydrogen (secondary N) is 1. The molecular formula is C18H20N4OS. The SMILES string of the molecule is NC(=S)N/N=C1/C[C@@H]2c3ccccc3CCN2C2=C1C(=O)CCC2. The number of nitrogens with two attached hydrogens (primary N) is 1. The lowest BCUT2D eigenvalue weighted by Gasteiger charge is -2.45. The maximum absolute atomic E-state index is 12.5. The van der Waals surface area contributed by atoms with Crippen molar-refractivity contribution in [1.29, 1.82) is 0 Å². The van der Waals surface area contributed by atoms with Gasteiger partial charge >= 0.3 is 0 Å². The summed E-state index contributed by atoms with van der Waals surface area (Å²) in [5.74, 6) is 0.192. The second-order valence-corrected chi connectivity index (χ2v) is 6.93. The van der Waals surface area contributed by atoms with Gasteiger partial charge in [-0.15, -0.1) is 0 Å². The van der Waals surface area contributed by atoms with Crippen LogP contribution in [0, 0.1) is 0 Å². The lowest BCUT2D eigenvalue weighted by molar-refractivity contribution is -0.115. The normalized spacial score (nSPS) is 24.3. The highest BCUT2D eigenvalue weighted by molar-refractivity contribution is 7.80. The minimum Gasteiger partial charge on any atom is -0.375 e. The van der Waals surface area contributed by atoms with Crippen LogP contribution >= 0.6 is 12.2 Å². The zero-order valence-electron chi connectivity index (χ0n) is 13.4. The highest BCUT2D eigenvalue weighted by atomic mass is 32.1. The molecule has 0 fully saturated rings. The first-order chi connectivity index (χ1) is 11.6. The molecule has 0 aromatic heterocycles. The van der Waals surface area contributed by atoms with Crippen molar-refractivity contribution in [1.82, 2.24) is 10.3 Å². The van der Waals surface area contributed by atoms with E-state index in [4.69, 9.17) is 18.0 Å². The molecule has 1 aromatic carbocycles. The number of thiocarbonyl (C=S) groups is 1. The largest absolute Gasteiger partial charge is 0.375 e. The van der Waals surface area contributed by atoms with Crippen LogP contribution < -0.4 is 11.2 Å². The molecule has 3 aliphatic rings. The highest BCUT2D eigenvalue weighted by Crippen LogP contribution is 2.43. The van der Waals surface area contributed by atoms with Gasteiger partial charge in [-0.1, -0.05) is 24.3 Å². The van der Waals surface area contributed by atoms with Crippen LogP contribution in [0.5, 0.6) is 0 Å². The summed E-state index contributed by atoms with van der Waals surface area (Å²) in [7, 11) is 0. The summed E-state index contributed by atoms with van der Waals surface area (Å²) in [6, 6.07) is 8.82. The number of fused-ring (bicyclic) bond motifs is 4. The molecule has 2 heterocycles. The van der Waals surface area contributed by atoms with Gasteiger partial charge in [-0.3, -0.25) is 10.2 Å². The van der Waals surface area contributed by atoms with Crippen molar-refractivity contribution >= 4 is 28.8 Å². The van der Waals surface area contributed by atoms with Crippen LogP contribution in [0.2, 0.25) is 0 Å². The van der Waals surface area contributed by atoms with Gasteiger partial charge in [0.15, 0.2) is 10.9 Å². The van der Waals surface area contributed by atoms with E-state index >= 15 is 0 Å². The quantitative estimate of drug-likeness (QED) is 0.606. The minimum atomic E-state index is 0.124. The molecule has 4 rings (SSSR count). The van der Waals surface area contributed by atoms with Gasteiger partial charge < -0.3 is 10.6 Å². The molecule has 124 valence electrons. The lowest BCUT2D eigenvalue weighted by atomic mass is 9.79. The number of hydrogen-bond donors (Lipinski definition) is 2. The summed E-state index contributed by atoms with van der Waals surface area (Å²) in [4.78, 5) is 15.0. The highest BCUT2D eigenvalue weighted by Gasteiger charge is 2.39. The molecule has 1 aliphatic carbocycles. The maximum Gasteiger partial charge on any atom is 0.184 e. The summed E-state index contributed by atoms with van der Waals surface area (Å²) in [5, 5.41) is 4.50. The Hall–Kier alpha value is -2.21. The maximum atomic E-state index is 12.5. The Morgan fingerprint density at radius 3 is 2.96 bits per heavy atom. The zero-order chi connectivity index (χ0) is 16.7. The van der Waals surface area contributed by atoms with Crippen molar-refractivity contribution in [2.75, 3.05) is 6.54 Å². The molecule has 24 heavy (non-hydrogen) atoms. The fourth-order valence-corrected chi connectivity index (χ4v) is 4.19. The third-order valence-corrected chi connectivity index (χ3v) is 5.21. The second kappa shape index (κ2) is 6.02. The van der Waals surface area contributed by atoms with Crippen LogP contribution in [0.15, 0.2) is 40.6 Å². The van der Waals surface area contributed by atoms with Gasteiger partial charge in [0, 0.05) is 25.1 Å². The van der Waals surface area contributed by atoms with Crippen LogP contribution in [-0.4, -0.2) is 28.1 Å². The molecule has 0 radical (unpaired) electrons. The summed E-state index contributed by atoms with van der Waals surface area (Å²) >= 11 is 4.87. The molecule has 3 N–H and O–H groups in total. The number of allylic oxidation sites excluding steroid dienone is 2. The van der Waals surface area contributed by atoms with Gasteiger partial charge in [-0.2, -0.15) is 5.10 Å². The average molecular weight is 340 g/mol. The Bertz CT molecular complexity index is 783. The van der Waals surface area contributed by atoms with Crippen LogP contribution in [0.4, 0.5) is 0 Å². The van der Waals surface area contributed by atoms with E-state index in [1.54, 1.807) is 0 Å². The third-order valence-electron chi connectivity index (χ3n) is 5.12. The second-order valence-electron chi connectivity index (χ2n) is 6.50. The van der Waals surface area contributed by atoms with Crippen LogP contribution in [0.3, 0.4) is 0 Å². The molecule has 0 unspecified atom stereocenters. The van der Waals surface area contributed by atoms with Crippen molar-refractivity contribution in [2.45, 2.75) is 38.1 Å². The van der Waals surface area contributed by atoms with Crippen molar-refractivity contribution in [2.24, 2.45) is 10.8 Å². The predicted molar refractivity (Wildman–Crippen MR) is 97.5 cm³/mol. The minimum absolute atomic E-state index is 0.124. The van der Waals surface area contributed by atoms with Crippen LogP contribution in [0.1, 0.15) is 42.9 Å². The Kier molecular flexibility index (Phi) is 3.84. The lowest BCUT2D eigenvalue weighted by Crippen LogP contribution is -2.43. The van der Waals surface area contributed by atoms with E-state index in [1.807, 2.05) is 0 Å². The fraction of sp³-hybridized carbons (Fsp3) is 0.389. The number of nitrogens with zero attached hydrogens (tertiary/aromatic N) is 2. The number of carbonyl (C=O) groups is 1. The molecule has 0 spiro atoms. The van der Waals surface area contributed by atoms with Gasteiger partial charge in [0.1, 0.15) is 0 Å². The van der Waals surface area contributed by atoms with E-state index in [9.17, 15) is 4.79 Å². The molecule has 0 saturated heterocycles. The van der Waals surface area contributed by atoms with Gasteiger partial charge in [0.2, 0.25) is 0 Å². The van der Waals surface area contributed by atoms with E-state index in [0.29, 0.717) is 12.8 Å². The van der Waals surface area contributed by atoms with E-state index in [0.717, 1.165) is 42.8 Å². The third kappa shape index (κ3) is 2.51. The van der Waals surface area contributed by atoms with E-state index in [2.05, 4.69) is 39.7 Å². The van der Waals surface area contributed by atoms with Crippen molar-refractivity contribution in [3.05, 3.63) is 46.7 Å². The number of hydrogen-bond acceptors (Lipinski definition) is 4. The average Bonchev–Trinajstić information content (AvgIpc) is 2.59. The first-order valence-corrected chi connectivity index (χ1v) is 8.79. The van der Waals surface area contributed by atoms with Gasteiger partial charge in [-0.25, -0.2) is 0 Å². The topological polar surface area (TPSA) is 70.7 Å². The van der Waals surface area contributed by atoms with Crippen molar-refractivity contribution < 1.29 is 4.79 Å². The Balaban J connectivity index is 1.81. The standard InChI is InChI=1S/C18H20N4OS/c19-18(24)21-20-13-10-15-12-5-2-1-4-11(12)8-9-22(15)14-6-3-7-16(23)17(13)14/h1-2,4-5,15H,3,6-10H2,(H3,19,21,24)/b20-13-/t15-/m1/s1. The monoisotopic (exact) mass is 340 g/mol. The number of ketones is 1. The first-order valence-electron chi connectivity index (χ1n) is 8.38. The molecule has 2 aliphatic heterocycles. The number of Topliss-reactive ketones (excluding diaryl/α,β-unsaturated/α-hetero) is 1. The number of carbonyl (C=O) groups excluding carboxylic acids is 1. The summed E-state index contributed by atoms with van der Waals surface area (Å²) in [6.07, 6.45) is 4.18. The van der Waals surface area contributed by atoms with Crippen molar-refractivity contribution in [3.63, 3.8) is 0 Å². The van der Waals surface area contributed by atoms with E-state index < -0.39 is 0 Å². The summed E-state index contributed by atoms with van der Waals surface area (Å²) in [5.41, 5.74) is 13.7. The van der Waals surface area contributed by atoms with Crippen LogP contribution in [-0.2, 0) is 11.2 Å². The van der Waals surface area contributed by atoms with E-state index in [1.165, 1.54) is 11.1 Å². The molecule has 1 atom stereocenters. The van der Waals surface area contributed by atoms with Gasteiger partial charge in [0.25, 0.3) is 0 Å². The Labute approximate surface area is 146 Å². The molecule has 1 aromatic rings. The molecule has 0 saturated carbocycles. The Morgan fingerprint density at radius 2 is 2.12 bits per heavy atom. The molecular weight excluding hydrogens is 320 g/mol. The smallest absolute Gasteiger partial charge is 0.184 e. The van der Waals surface area contributed by atoms with Crippen molar-refractivity contribution in [3.8, 4) is 0 Å². The number of rotatable bonds is 1. The van der Waals surface area contributed by atoms with Gasteiger partial charge in [-0.05, 0) is 42.6 Å². The molecule has 5 nitrogen and oxygen atoms in total. The summed E-state index contributed by atoms with van der Waals surface area (Å²) < 4.78 is 0. The zero-order valence-corrected chi connectivity index (χ0v) is 14.2. The molecule has 6 heteroatoms. The Morgan fingerprint density at radius 1 is 1.29 bits per heavy atom. The molecule has 0 bridgehead atoms. The van der Waals surface area contributed by atoms with Crippen LogP contribution in [0.25, 0.3) is 0 Å². The summed E-state index contributed by atoms with van der Waals surface area (Å²) in [6.45, 7) is 0.962. The number of benzene rings is 1. The predicted octanol–water partition coefficient (Wildman–Crippen LogP) is 2.19. The fourth-order valence-electron chi connectivity index (χ4n) is 4.15. The number of hydrazone groups is 1. The molecule has 0 amide bonds. The van der Waals surface area contributed by atoms with E-state index in [-0.39, 0.29) is 16.9 Å². The first kappa shape index (κ1) is 15.3. The van der Waals surface area contributed by atoms with Gasteiger partial charge in [0.05, 0.1) is 17.3 Å².